The number of hydrogen-bond acceptors (Lipinski definition) is 1. The standard InChI is InChI=1S/C15H14FNO/c1-10(15(17)18)11-6-8-12(9-7-11)13-4-2-3-5-14(13)16/h2-10H,1H3,(H2,17,18). The fourth-order valence-corrected chi connectivity index (χ4v) is 1.81. The lowest BCUT2D eigenvalue weighted by Gasteiger charge is -2.09. The third-order valence-electron chi connectivity index (χ3n) is 3.02. The lowest BCUT2D eigenvalue weighted by Crippen LogP contribution is -2.18. The summed E-state index contributed by atoms with van der Waals surface area (Å²) in [4.78, 5) is 11.1. The van der Waals surface area contributed by atoms with E-state index in [4.69, 9.17) is 5.73 Å². The van der Waals surface area contributed by atoms with Crippen molar-refractivity contribution in [2.75, 3.05) is 0 Å². The van der Waals surface area contributed by atoms with Crippen molar-refractivity contribution in [3.8, 4) is 11.1 Å². The molecule has 0 saturated heterocycles. The molecule has 0 aliphatic rings. The normalized spacial score (nSPS) is 12.1. The van der Waals surface area contributed by atoms with Crippen LogP contribution in [0, 0.1) is 5.82 Å². The Morgan fingerprint density at radius 1 is 1.11 bits per heavy atom. The number of hydrogen-bond donors (Lipinski definition) is 1. The van der Waals surface area contributed by atoms with Crippen molar-refractivity contribution in [2.45, 2.75) is 12.8 Å². The molecule has 2 nitrogen and oxygen atoms in total. The van der Waals surface area contributed by atoms with Crippen molar-refractivity contribution >= 4 is 5.91 Å². The number of rotatable bonds is 3. The van der Waals surface area contributed by atoms with E-state index in [1.54, 1.807) is 49.4 Å². The average molecular weight is 243 g/mol. The highest BCUT2D eigenvalue weighted by molar-refractivity contribution is 5.81. The molecule has 0 fully saturated rings. The minimum Gasteiger partial charge on any atom is -0.369 e. The predicted molar refractivity (Wildman–Crippen MR) is 69.4 cm³/mol. The molecule has 2 rings (SSSR count). The number of nitrogens with two attached hydrogens (primary N) is 1. The van der Waals surface area contributed by atoms with Gasteiger partial charge < -0.3 is 5.73 Å². The summed E-state index contributed by atoms with van der Waals surface area (Å²) in [6, 6.07) is 13.8. The van der Waals surface area contributed by atoms with E-state index >= 15 is 0 Å². The molecular formula is C15H14FNO. The van der Waals surface area contributed by atoms with Crippen LogP contribution in [-0.2, 0) is 4.79 Å². The van der Waals surface area contributed by atoms with Gasteiger partial charge in [0, 0.05) is 5.56 Å². The maximum atomic E-state index is 13.6. The predicted octanol–water partition coefficient (Wildman–Crippen LogP) is 3.08. The van der Waals surface area contributed by atoms with Gasteiger partial charge in [-0.05, 0) is 24.1 Å². The summed E-state index contributed by atoms with van der Waals surface area (Å²) in [6.07, 6.45) is 0. The SMILES string of the molecule is CC(C(N)=O)c1ccc(-c2ccccc2F)cc1. The Bertz CT molecular complexity index is 563. The van der Waals surface area contributed by atoms with E-state index < -0.39 is 0 Å². The van der Waals surface area contributed by atoms with E-state index in [9.17, 15) is 9.18 Å². The zero-order valence-electron chi connectivity index (χ0n) is 10.1. The summed E-state index contributed by atoms with van der Waals surface area (Å²) in [5.74, 6) is -0.957. The van der Waals surface area contributed by atoms with Gasteiger partial charge in [0.1, 0.15) is 5.82 Å². The molecule has 18 heavy (non-hydrogen) atoms. The Morgan fingerprint density at radius 3 is 2.28 bits per heavy atom. The molecule has 1 atom stereocenters. The molecule has 2 aromatic rings. The maximum absolute atomic E-state index is 13.6. The third kappa shape index (κ3) is 2.40. The highest BCUT2D eigenvalue weighted by Crippen LogP contribution is 2.24. The van der Waals surface area contributed by atoms with E-state index in [-0.39, 0.29) is 17.6 Å². The summed E-state index contributed by atoms with van der Waals surface area (Å²) in [6.45, 7) is 1.75. The first-order valence-electron chi connectivity index (χ1n) is 5.74. The minimum absolute atomic E-state index is 0.256. The molecule has 92 valence electrons. The molecule has 1 amide bonds. The van der Waals surface area contributed by atoms with E-state index in [2.05, 4.69) is 0 Å². The molecule has 0 aliphatic carbocycles. The monoisotopic (exact) mass is 243 g/mol. The van der Waals surface area contributed by atoms with Crippen LogP contribution >= 0.6 is 0 Å². The number of carbonyl (C=O) groups excluding carboxylic acids is 1. The van der Waals surface area contributed by atoms with Crippen LogP contribution in [0.5, 0.6) is 0 Å². The van der Waals surface area contributed by atoms with Gasteiger partial charge in [-0.1, -0.05) is 42.5 Å². The summed E-state index contributed by atoms with van der Waals surface area (Å²) in [5, 5.41) is 0. The zero-order chi connectivity index (χ0) is 13.1. The van der Waals surface area contributed by atoms with E-state index in [1.165, 1.54) is 6.07 Å². The number of benzene rings is 2. The first-order chi connectivity index (χ1) is 8.59. The smallest absolute Gasteiger partial charge is 0.224 e. The largest absolute Gasteiger partial charge is 0.369 e. The van der Waals surface area contributed by atoms with Crippen LogP contribution in [0.15, 0.2) is 48.5 Å². The molecule has 1 unspecified atom stereocenters. The molecule has 0 aromatic heterocycles. The van der Waals surface area contributed by atoms with Gasteiger partial charge in [0.25, 0.3) is 0 Å². The molecule has 0 saturated carbocycles. The van der Waals surface area contributed by atoms with Crippen LogP contribution in [0.4, 0.5) is 4.39 Å². The van der Waals surface area contributed by atoms with Crippen LogP contribution in [0.2, 0.25) is 0 Å². The second-order valence-electron chi connectivity index (χ2n) is 4.23. The van der Waals surface area contributed by atoms with Crippen LogP contribution in [0.3, 0.4) is 0 Å². The van der Waals surface area contributed by atoms with Gasteiger partial charge in [0.05, 0.1) is 5.92 Å². The average Bonchev–Trinajstić information content (AvgIpc) is 2.38. The van der Waals surface area contributed by atoms with Gasteiger partial charge in [0.2, 0.25) is 5.91 Å². The number of primary amides is 1. The second kappa shape index (κ2) is 5.00. The van der Waals surface area contributed by atoms with E-state index in [0.29, 0.717) is 5.56 Å². The number of carbonyl (C=O) groups is 1. The minimum atomic E-state index is -0.367. The van der Waals surface area contributed by atoms with E-state index in [1.807, 2.05) is 0 Å². The molecule has 0 bridgehead atoms. The van der Waals surface area contributed by atoms with Crippen LogP contribution in [0.1, 0.15) is 18.4 Å². The molecule has 3 heteroatoms. The van der Waals surface area contributed by atoms with Crippen molar-refractivity contribution in [1.29, 1.82) is 0 Å². The highest BCUT2D eigenvalue weighted by Gasteiger charge is 2.11. The van der Waals surface area contributed by atoms with Gasteiger partial charge in [-0.15, -0.1) is 0 Å². The van der Waals surface area contributed by atoms with Gasteiger partial charge in [-0.3, -0.25) is 4.79 Å². The van der Waals surface area contributed by atoms with Crippen LogP contribution in [0.25, 0.3) is 11.1 Å². The summed E-state index contributed by atoms with van der Waals surface area (Å²) in [5.41, 5.74) is 7.42. The van der Waals surface area contributed by atoms with E-state index in [0.717, 1.165) is 11.1 Å². The van der Waals surface area contributed by atoms with Crippen molar-refractivity contribution in [1.82, 2.24) is 0 Å². The number of halogens is 1. The van der Waals surface area contributed by atoms with Gasteiger partial charge >= 0.3 is 0 Å². The zero-order valence-corrected chi connectivity index (χ0v) is 10.1. The lowest BCUT2D eigenvalue weighted by molar-refractivity contribution is -0.119. The van der Waals surface area contributed by atoms with Gasteiger partial charge in [-0.25, -0.2) is 4.39 Å². The van der Waals surface area contributed by atoms with Crippen molar-refractivity contribution < 1.29 is 9.18 Å². The summed E-state index contributed by atoms with van der Waals surface area (Å²) in [7, 11) is 0. The van der Waals surface area contributed by atoms with Crippen LogP contribution in [-0.4, -0.2) is 5.91 Å². The lowest BCUT2D eigenvalue weighted by atomic mass is 9.97. The number of amides is 1. The van der Waals surface area contributed by atoms with Gasteiger partial charge in [0.15, 0.2) is 0 Å². The molecule has 0 aliphatic heterocycles. The molecule has 0 radical (unpaired) electrons. The summed E-state index contributed by atoms with van der Waals surface area (Å²) < 4.78 is 13.6. The molecule has 2 N–H and O–H groups in total. The Hall–Kier alpha value is -2.16. The Balaban J connectivity index is 2.34. The fraction of sp³-hybridized carbons (Fsp3) is 0.133. The first-order valence-corrected chi connectivity index (χ1v) is 5.74. The van der Waals surface area contributed by atoms with Gasteiger partial charge in [-0.2, -0.15) is 0 Å². The van der Waals surface area contributed by atoms with Crippen LogP contribution < -0.4 is 5.73 Å². The maximum Gasteiger partial charge on any atom is 0.224 e. The molecule has 0 spiro atoms. The highest BCUT2D eigenvalue weighted by atomic mass is 19.1. The van der Waals surface area contributed by atoms with Crippen molar-refractivity contribution in [2.24, 2.45) is 5.73 Å². The fourth-order valence-electron chi connectivity index (χ4n) is 1.81. The summed E-state index contributed by atoms with van der Waals surface area (Å²) >= 11 is 0. The quantitative estimate of drug-likeness (QED) is 0.884. The third-order valence-corrected chi connectivity index (χ3v) is 3.02. The first kappa shape index (κ1) is 12.3. The van der Waals surface area contributed by atoms with Crippen molar-refractivity contribution in [3.05, 3.63) is 59.9 Å². The Morgan fingerprint density at radius 2 is 1.72 bits per heavy atom. The molecule has 2 aromatic carbocycles. The topological polar surface area (TPSA) is 43.1 Å². The second-order valence-corrected chi connectivity index (χ2v) is 4.23. The van der Waals surface area contributed by atoms with Crippen molar-refractivity contribution in [3.63, 3.8) is 0 Å². The Kier molecular flexibility index (Phi) is 3.42. The Labute approximate surface area is 105 Å². The molecular weight excluding hydrogens is 229 g/mol. The molecule has 0 heterocycles.